The lowest BCUT2D eigenvalue weighted by Crippen LogP contribution is -2.47. The number of piperazine rings is 1. The molecule has 162 valence electrons. The molecule has 0 radical (unpaired) electrons. The van der Waals surface area contributed by atoms with Gasteiger partial charge in [0.15, 0.2) is 5.82 Å². The first kappa shape index (κ1) is 20.6. The van der Waals surface area contributed by atoms with Crippen LogP contribution in [0.4, 0.5) is 10.1 Å². The molecule has 0 atom stereocenters. The number of rotatable bonds is 5. The molecule has 32 heavy (non-hydrogen) atoms. The van der Waals surface area contributed by atoms with E-state index in [4.69, 9.17) is 17.3 Å². The lowest BCUT2D eigenvalue weighted by atomic mass is 10.2. The van der Waals surface area contributed by atoms with Gasteiger partial charge in [-0.3, -0.25) is 9.47 Å². The summed E-state index contributed by atoms with van der Waals surface area (Å²) in [5, 5.41) is 4.92. The molecule has 0 aliphatic carbocycles. The van der Waals surface area contributed by atoms with E-state index in [2.05, 4.69) is 34.1 Å². The SMILES string of the molecule is Fc1ccc(N2CCN(Cn3nc(-c4ccccc4)n(-c4ccccc4)c3=S)CC2)cc1. The smallest absolute Gasteiger partial charge is 0.204 e. The summed E-state index contributed by atoms with van der Waals surface area (Å²) in [5.74, 6) is 0.636. The lowest BCUT2D eigenvalue weighted by Gasteiger charge is -2.35. The maximum Gasteiger partial charge on any atom is 0.204 e. The van der Waals surface area contributed by atoms with Gasteiger partial charge in [-0.15, -0.1) is 5.10 Å². The lowest BCUT2D eigenvalue weighted by molar-refractivity contribution is 0.194. The Morgan fingerprint density at radius 2 is 1.38 bits per heavy atom. The number of halogens is 1. The zero-order valence-corrected chi connectivity index (χ0v) is 18.5. The quantitative estimate of drug-likeness (QED) is 0.405. The second kappa shape index (κ2) is 9.06. The third-order valence-electron chi connectivity index (χ3n) is 5.78. The summed E-state index contributed by atoms with van der Waals surface area (Å²) in [5.41, 5.74) is 3.09. The van der Waals surface area contributed by atoms with Gasteiger partial charge in [-0.2, -0.15) is 0 Å². The van der Waals surface area contributed by atoms with Gasteiger partial charge < -0.3 is 4.90 Å². The number of aromatic nitrogens is 3. The fourth-order valence-corrected chi connectivity index (χ4v) is 4.36. The highest BCUT2D eigenvalue weighted by atomic mass is 32.1. The Bertz CT molecular complexity index is 1230. The van der Waals surface area contributed by atoms with Crippen LogP contribution in [0, 0.1) is 10.6 Å². The Labute approximate surface area is 192 Å². The van der Waals surface area contributed by atoms with Crippen LogP contribution in [-0.4, -0.2) is 45.4 Å². The molecule has 0 unspecified atom stereocenters. The van der Waals surface area contributed by atoms with Crippen molar-refractivity contribution in [1.29, 1.82) is 0 Å². The van der Waals surface area contributed by atoms with Crippen LogP contribution in [0.3, 0.4) is 0 Å². The predicted octanol–water partition coefficient (Wildman–Crippen LogP) is 4.99. The van der Waals surface area contributed by atoms with Gasteiger partial charge in [-0.1, -0.05) is 48.5 Å². The van der Waals surface area contributed by atoms with Crippen molar-refractivity contribution in [3.63, 3.8) is 0 Å². The average molecular weight is 446 g/mol. The number of hydrogen-bond donors (Lipinski definition) is 0. The number of hydrogen-bond acceptors (Lipinski definition) is 4. The second-order valence-corrected chi connectivity index (χ2v) is 8.23. The van der Waals surface area contributed by atoms with E-state index in [1.807, 2.05) is 57.8 Å². The Kier molecular flexibility index (Phi) is 5.83. The average Bonchev–Trinajstić information content (AvgIpc) is 3.17. The van der Waals surface area contributed by atoms with E-state index in [0.717, 1.165) is 48.9 Å². The molecule has 0 N–H and O–H groups in total. The molecule has 5 rings (SSSR count). The fraction of sp³-hybridized carbons (Fsp3) is 0.200. The molecule has 1 saturated heterocycles. The minimum absolute atomic E-state index is 0.204. The Morgan fingerprint density at radius 3 is 2.03 bits per heavy atom. The number of anilines is 1. The van der Waals surface area contributed by atoms with E-state index in [0.29, 0.717) is 11.4 Å². The minimum Gasteiger partial charge on any atom is -0.369 e. The normalized spacial score (nSPS) is 14.6. The van der Waals surface area contributed by atoms with Gasteiger partial charge in [0.1, 0.15) is 5.82 Å². The van der Waals surface area contributed by atoms with Crippen LogP contribution in [0.1, 0.15) is 0 Å². The van der Waals surface area contributed by atoms with Crippen molar-refractivity contribution >= 4 is 17.9 Å². The number of para-hydroxylation sites is 1. The Balaban J connectivity index is 1.38. The highest BCUT2D eigenvalue weighted by molar-refractivity contribution is 7.71. The summed E-state index contributed by atoms with van der Waals surface area (Å²) in [4.78, 5) is 4.64. The third kappa shape index (κ3) is 4.22. The van der Waals surface area contributed by atoms with Crippen LogP contribution in [0.15, 0.2) is 84.9 Å². The van der Waals surface area contributed by atoms with Gasteiger partial charge in [-0.05, 0) is 48.6 Å². The van der Waals surface area contributed by atoms with E-state index in [1.54, 1.807) is 0 Å². The first-order valence-electron chi connectivity index (χ1n) is 10.7. The molecular formula is C25H24FN5S. The monoisotopic (exact) mass is 445 g/mol. The first-order valence-corrected chi connectivity index (χ1v) is 11.1. The van der Waals surface area contributed by atoms with Crippen molar-refractivity contribution in [3.8, 4) is 17.1 Å². The molecule has 1 aliphatic heterocycles. The Hall–Kier alpha value is -3.29. The molecule has 4 aromatic rings. The van der Waals surface area contributed by atoms with Crippen molar-refractivity contribution in [3.05, 3.63) is 95.5 Å². The molecule has 0 spiro atoms. The highest BCUT2D eigenvalue weighted by Gasteiger charge is 2.20. The van der Waals surface area contributed by atoms with Crippen molar-refractivity contribution in [2.45, 2.75) is 6.67 Å². The topological polar surface area (TPSA) is 29.2 Å². The number of benzene rings is 3. The summed E-state index contributed by atoms with van der Waals surface area (Å²) < 4.78 is 17.9. The summed E-state index contributed by atoms with van der Waals surface area (Å²) in [6.45, 7) is 4.17. The molecule has 0 saturated carbocycles. The molecule has 1 aliphatic rings. The van der Waals surface area contributed by atoms with Crippen LogP contribution >= 0.6 is 12.2 Å². The van der Waals surface area contributed by atoms with E-state index in [9.17, 15) is 4.39 Å². The molecule has 3 aromatic carbocycles. The summed E-state index contributed by atoms with van der Waals surface area (Å²) in [7, 11) is 0. The van der Waals surface area contributed by atoms with Gasteiger partial charge >= 0.3 is 0 Å². The van der Waals surface area contributed by atoms with Crippen LogP contribution in [0.25, 0.3) is 17.1 Å². The molecular weight excluding hydrogens is 421 g/mol. The third-order valence-corrected chi connectivity index (χ3v) is 6.18. The summed E-state index contributed by atoms with van der Waals surface area (Å²) >= 11 is 5.87. The standard InChI is InChI=1S/C25H24FN5S/c26-21-11-13-22(14-12-21)29-17-15-28(16-18-29)19-30-25(32)31(23-9-5-2-6-10-23)24(27-30)20-7-3-1-4-8-20/h1-14H,15-19H2. The van der Waals surface area contributed by atoms with Crippen molar-refractivity contribution in [1.82, 2.24) is 19.2 Å². The van der Waals surface area contributed by atoms with Crippen molar-refractivity contribution < 1.29 is 4.39 Å². The van der Waals surface area contributed by atoms with Crippen LogP contribution in [0.2, 0.25) is 0 Å². The van der Waals surface area contributed by atoms with Crippen LogP contribution in [-0.2, 0) is 6.67 Å². The van der Waals surface area contributed by atoms with Crippen LogP contribution in [0.5, 0.6) is 0 Å². The Morgan fingerprint density at radius 1 is 0.750 bits per heavy atom. The van der Waals surface area contributed by atoms with Crippen LogP contribution < -0.4 is 4.90 Å². The van der Waals surface area contributed by atoms with E-state index in [-0.39, 0.29) is 5.82 Å². The molecule has 0 amide bonds. The maximum absolute atomic E-state index is 13.2. The van der Waals surface area contributed by atoms with Gasteiger partial charge in [0.25, 0.3) is 0 Å². The molecule has 7 heteroatoms. The van der Waals surface area contributed by atoms with E-state index >= 15 is 0 Å². The highest BCUT2D eigenvalue weighted by Crippen LogP contribution is 2.23. The molecule has 1 aromatic heterocycles. The molecule has 5 nitrogen and oxygen atoms in total. The van der Waals surface area contributed by atoms with Gasteiger partial charge in [0, 0.05) is 43.1 Å². The van der Waals surface area contributed by atoms with Gasteiger partial charge in [0.05, 0.1) is 6.67 Å². The summed E-state index contributed by atoms with van der Waals surface area (Å²) in [6.07, 6.45) is 0. The second-order valence-electron chi connectivity index (χ2n) is 7.87. The van der Waals surface area contributed by atoms with Crippen molar-refractivity contribution in [2.75, 3.05) is 31.1 Å². The fourth-order valence-electron chi connectivity index (χ4n) is 4.07. The summed E-state index contributed by atoms with van der Waals surface area (Å²) in [6, 6.07) is 27.0. The zero-order valence-electron chi connectivity index (χ0n) is 17.6. The van der Waals surface area contributed by atoms with Gasteiger partial charge in [0.2, 0.25) is 4.77 Å². The van der Waals surface area contributed by atoms with Crippen molar-refractivity contribution in [2.24, 2.45) is 0 Å². The molecule has 0 bridgehead atoms. The minimum atomic E-state index is -0.204. The molecule has 2 heterocycles. The molecule has 1 fully saturated rings. The van der Waals surface area contributed by atoms with E-state index < -0.39 is 0 Å². The maximum atomic E-state index is 13.2. The zero-order chi connectivity index (χ0) is 21.9. The predicted molar refractivity (Wildman–Crippen MR) is 128 cm³/mol. The largest absolute Gasteiger partial charge is 0.369 e. The number of nitrogens with zero attached hydrogens (tertiary/aromatic N) is 5. The van der Waals surface area contributed by atoms with Gasteiger partial charge in [-0.25, -0.2) is 9.07 Å². The van der Waals surface area contributed by atoms with E-state index in [1.165, 1.54) is 12.1 Å². The first-order chi connectivity index (χ1) is 15.7.